The molecule has 0 spiro atoms. The van der Waals surface area contributed by atoms with Crippen molar-refractivity contribution in [3.05, 3.63) is 59.6 Å². The third kappa shape index (κ3) is 4.30. The van der Waals surface area contributed by atoms with Crippen LogP contribution in [0.1, 0.15) is 30.6 Å². The first-order valence-electron chi connectivity index (χ1n) is 10.0. The Labute approximate surface area is 189 Å². The summed E-state index contributed by atoms with van der Waals surface area (Å²) in [5, 5.41) is 22.7. The molecule has 1 amide bonds. The molecule has 3 aromatic heterocycles. The molecule has 166 valence electrons. The Morgan fingerprint density at radius 2 is 2.19 bits per heavy atom. The van der Waals surface area contributed by atoms with Crippen LogP contribution in [0.25, 0.3) is 16.9 Å². The maximum atomic E-state index is 13.1. The van der Waals surface area contributed by atoms with Gasteiger partial charge in [0.1, 0.15) is 17.0 Å². The van der Waals surface area contributed by atoms with E-state index in [0.717, 1.165) is 0 Å². The first-order chi connectivity index (χ1) is 15.3. The van der Waals surface area contributed by atoms with E-state index in [1.807, 2.05) is 6.92 Å². The summed E-state index contributed by atoms with van der Waals surface area (Å²) >= 11 is 6.23. The number of nitrogens with one attached hydrogen (secondary N) is 1. The summed E-state index contributed by atoms with van der Waals surface area (Å²) in [6.07, 6.45) is 6.99. The van der Waals surface area contributed by atoms with E-state index in [4.69, 9.17) is 16.3 Å². The summed E-state index contributed by atoms with van der Waals surface area (Å²) in [7, 11) is 1.55. The molecule has 9 nitrogen and oxygen atoms in total. The van der Waals surface area contributed by atoms with Crippen molar-refractivity contribution in [1.29, 1.82) is 0 Å². The fourth-order valence-corrected chi connectivity index (χ4v) is 3.47. The number of halogens is 1. The second kappa shape index (κ2) is 8.60. The van der Waals surface area contributed by atoms with Crippen molar-refractivity contribution in [3.8, 4) is 17.0 Å². The number of amides is 1. The molecule has 1 aromatic carbocycles. The zero-order valence-corrected chi connectivity index (χ0v) is 18.7. The van der Waals surface area contributed by atoms with E-state index in [9.17, 15) is 9.90 Å². The van der Waals surface area contributed by atoms with Crippen LogP contribution in [-0.2, 0) is 6.54 Å². The van der Waals surface area contributed by atoms with Crippen LogP contribution in [0.4, 0.5) is 5.69 Å². The van der Waals surface area contributed by atoms with Gasteiger partial charge in [0, 0.05) is 29.2 Å². The minimum Gasteiger partial charge on any atom is -0.496 e. The molecular weight excluding hydrogens is 432 g/mol. The fourth-order valence-electron chi connectivity index (χ4n) is 3.30. The van der Waals surface area contributed by atoms with Gasteiger partial charge in [0.2, 0.25) is 0 Å². The van der Waals surface area contributed by atoms with Crippen molar-refractivity contribution < 1.29 is 14.6 Å². The highest BCUT2D eigenvalue weighted by atomic mass is 35.5. The molecule has 32 heavy (non-hydrogen) atoms. The number of carbonyl (C=O) groups is 1. The third-order valence-electron chi connectivity index (χ3n) is 5.21. The number of anilines is 1. The van der Waals surface area contributed by atoms with Gasteiger partial charge in [-0.05, 0) is 37.6 Å². The van der Waals surface area contributed by atoms with E-state index in [1.54, 1.807) is 61.6 Å². The number of hydrogen-bond donors (Lipinski definition) is 2. The maximum Gasteiger partial charge on any atom is 0.261 e. The second-order valence-corrected chi connectivity index (χ2v) is 8.12. The molecule has 0 aliphatic rings. The van der Waals surface area contributed by atoms with Crippen LogP contribution in [0, 0.1) is 0 Å². The molecular formula is C22H23ClN6O3. The zero-order chi connectivity index (χ0) is 22.9. The van der Waals surface area contributed by atoms with Crippen molar-refractivity contribution in [2.24, 2.45) is 0 Å². The average Bonchev–Trinajstić information content (AvgIpc) is 3.37. The van der Waals surface area contributed by atoms with Crippen LogP contribution >= 0.6 is 11.6 Å². The van der Waals surface area contributed by atoms with Crippen LogP contribution in [0.2, 0.25) is 5.02 Å². The van der Waals surface area contributed by atoms with E-state index >= 15 is 0 Å². The molecule has 0 fully saturated rings. The quantitative estimate of drug-likeness (QED) is 0.441. The Morgan fingerprint density at radius 1 is 1.38 bits per heavy atom. The van der Waals surface area contributed by atoms with Gasteiger partial charge in [0.15, 0.2) is 5.65 Å². The molecule has 0 radical (unpaired) electrons. The normalized spacial score (nSPS) is 13.2. The number of aliphatic hydroxyl groups is 1. The molecule has 10 heteroatoms. The van der Waals surface area contributed by atoms with E-state index in [-0.39, 0.29) is 12.5 Å². The Bertz CT molecular complexity index is 1280. The predicted octanol–water partition coefficient (Wildman–Crippen LogP) is 3.67. The average molecular weight is 455 g/mol. The smallest absolute Gasteiger partial charge is 0.261 e. The lowest BCUT2D eigenvalue weighted by atomic mass is 10.0. The Balaban J connectivity index is 1.77. The van der Waals surface area contributed by atoms with Gasteiger partial charge < -0.3 is 15.2 Å². The number of fused-ring (bicyclic) bond motifs is 1. The van der Waals surface area contributed by atoms with Crippen LogP contribution in [0.15, 0.2) is 49.1 Å². The van der Waals surface area contributed by atoms with Crippen molar-refractivity contribution in [3.63, 3.8) is 0 Å². The summed E-state index contributed by atoms with van der Waals surface area (Å²) in [5.74, 6) is 0.165. The molecule has 3 heterocycles. The zero-order valence-electron chi connectivity index (χ0n) is 17.9. The molecule has 4 rings (SSSR count). The molecule has 0 aliphatic carbocycles. The first kappa shape index (κ1) is 21.8. The number of ether oxygens (including phenoxy) is 1. The molecule has 0 aliphatic heterocycles. The molecule has 4 aromatic rings. The van der Waals surface area contributed by atoms with E-state index in [2.05, 4.69) is 20.5 Å². The highest BCUT2D eigenvalue weighted by Crippen LogP contribution is 2.36. The molecule has 1 atom stereocenters. The summed E-state index contributed by atoms with van der Waals surface area (Å²) < 4.78 is 8.61. The van der Waals surface area contributed by atoms with E-state index in [0.29, 0.717) is 45.3 Å². The number of aromatic nitrogens is 5. The second-order valence-electron chi connectivity index (χ2n) is 7.68. The monoisotopic (exact) mass is 454 g/mol. The maximum absolute atomic E-state index is 13.1. The molecule has 0 unspecified atom stereocenters. The standard InChI is InChI=1S/C22H23ClN6O3/c1-4-22(2,31)13-28-12-17(19(27-28)15-10-14(23)6-7-18(15)32-3)26-21(30)16-11-25-29-9-5-8-24-20(16)29/h5-12,31H,4,13H2,1-3H3,(H,26,30)/t22-/m1/s1. The minimum absolute atomic E-state index is 0.244. The minimum atomic E-state index is -0.963. The predicted molar refractivity (Wildman–Crippen MR) is 121 cm³/mol. The highest BCUT2D eigenvalue weighted by molar-refractivity contribution is 6.31. The highest BCUT2D eigenvalue weighted by Gasteiger charge is 2.24. The Kier molecular flexibility index (Phi) is 5.86. The first-order valence-corrected chi connectivity index (χ1v) is 10.4. The van der Waals surface area contributed by atoms with Crippen molar-refractivity contribution >= 4 is 28.8 Å². The number of hydrogen-bond acceptors (Lipinski definition) is 6. The number of benzene rings is 1. The van der Waals surface area contributed by atoms with Crippen molar-refractivity contribution in [1.82, 2.24) is 24.4 Å². The van der Waals surface area contributed by atoms with Gasteiger partial charge in [-0.25, -0.2) is 9.50 Å². The van der Waals surface area contributed by atoms with Crippen molar-refractivity contribution in [2.45, 2.75) is 32.4 Å². The summed E-state index contributed by atoms with van der Waals surface area (Å²) in [5.41, 5.74) is 1.32. The van der Waals surface area contributed by atoms with Gasteiger partial charge >= 0.3 is 0 Å². The summed E-state index contributed by atoms with van der Waals surface area (Å²) in [4.78, 5) is 17.3. The molecule has 0 saturated heterocycles. The van der Waals surface area contributed by atoms with Crippen LogP contribution in [0.3, 0.4) is 0 Å². The van der Waals surface area contributed by atoms with Crippen molar-refractivity contribution in [2.75, 3.05) is 12.4 Å². The lowest BCUT2D eigenvalue weighted by Gasteiger charge is -2.20. The van der Waals surface area contributed by atoms with Gasteiger partial charge in [0.05, 0.1) is 31.1 Å². The summed E-state index contributed by atoms with van der Waals surface area (Å²) in [6.45, 7) is 3.87. The van der Waals surface area contributed by atoms with Crippen LogP contribution in [0.5, 0.6) is 5.75 Å². The molecule has 2 N–H and O–H groups in total. The lowest BCUT2D eigenvalue weighted by molar-refractivity contribution is 0.0346. The van der Waals surface area contributed by atoms with Crippen LogP contribution < -0.4 is 10.1 Å². The van der Waals surface area contributed by atoms with Gasteiger partial charge in [-0.2, -0.15) is 10.2 Å². The molecule has 0 saturated carbocycles. The number of carbonyl (C=O) groups excluding carboxylic acids is 1. The molecule has 0 bridgehead atoms. The number of nitrogens with zero attached hydrogens (tertiary/aromatic N) is 5. The van der Waals surface area contributed by atoms with Crippen LogP contribution in [-0.4, -0.2) is 48.1 Å². The largest absolute Gasteiger partial charge is 0.496 e. The number of rotatable bonds is 7. The lowest BCUT2D eigenvalue weighted by Crippen LogP contribution is -2.29. The van der Waals surface area contributed by atoms with Gasteiger partial charge in [-0.15, -0.1) is 0 Å². The third-order valence-corrected chi connectivity index (χ3v) is 5.45. The fraction of sp³-hybridized carbons (Fsp3) is 0.273. The number of methoxy groups -OCH3 is 1. The van der Waals surface area contributed by atoms with Gasteiger partial charge in [-0.3, -0.25) is 9.48 Å². The summed E-state index contributed by atoms with van der Waals surface area (Å²) in [6, 6.07) is 6.90. The van der Waals surface area contributed by atoms with E-state index in [1.165, 1.54) is 10.7 Å². The topological polar surface area (TPSA) is 107 Å². The van der Waals surface area contributed by atoms with Gasteiger partial charge in [-0.1, -0.05) is 18.5 Å². The van der Waals surface area contributed by atoms with Gasteiger partial charge in [0.25, 0.3) is 5.91 Å². The Morgan fingerprint density at radius 3 is 2.94 bits per heavy atom. The SMILES string of the molecule is CC[C@@](C)(O)Cn1cc(NC(=O)c2cnn3cccnc23)c(-c2cc(Cl)ccc2OC)n1. The van der Waals surface area contributed by atoms with E-state index < -0.39 is 5.60 Å². The Hall–Kier alpha value is -3.43.